The van der Waals surface area contributed by atoms with Crippen molar-refractivity contribution in [2.24, 2.45) is 4.99 Å². The first-order valence-corrected chi connectivity index (χ1v) is 10.3. The Morgan fingerprint density at radius 1 is 1.14 bits per heavy atom. The molecule has 0 fully saturated rings. The lowest BCUT2D eigenvalue weighted by Crippen LogP contribution is -2.22. The lowest BCUT2D eigenvalue weighted by molar-refractivity contribution is 0.0948. The normalized spacial score (nSPS) is 12.6. The zero-order valence-corrected chi connectivity index (χ0v) is 16.8. The summed E-state index contributed by atoms with van der Waals surface area (Å²) < 4.78 is 5.27. The van der Waals surface area contributed by atoms with E-state index in [1.807, 2.05) is 30.3 Å². The number of rotatable bonds is 5. The lowest BCUT2D eigenvalue weighted by atomic mass is 10.0. The van der Waals surface area contributed by atoms with E-state index < -0.39 is 0 Å². The second-order valence-corrected chi connectivity index (χ2v) is 7.94. The van der Waals surface area contributed by atoms with Crippen LogP contribution in [0.4, 0.5) is 5.69 Å². The largest absolute Gasteiger partial charge is 0.467 e. The Bertz CT molecular complexity index is 1040. The smallest absolute Gasteiger partial charge is 0.251 e. The summed E-state index contributed by atoms with van der Waals surface area (Å²) in [6, 6.07) is 15.9. The Hall–Kier alpha value is -2.79. The number of hydrogen-bond donors (Lipinski definition) is 1. The minimum Gasteiger partial charge on any atom is -0.467 e. The zero-order valence-electron chi connectivity index (χ0n) is 16.0. The van der Waals surface area contributed by atoms with Gasteiger partial charge in [-0.3, -0.25) is 9.79 Å². The summed E-state index contributed by atoms with van der Waals surface area (Å²) >= 11 is 1.71. The van der Waals surface area contributed by atoms with E-state index in [2.05, 4.69) is 37.4 Å². The van der Waals surface area contributed by atoms with Crippen molar-refractivity contribution in [1.29, 1.82) is 0 Å². The molecule has 2 aromatic carbocycles. The summed E-state index contributed by atoms with van der Waals surface area (Å²) in [6.07, 6.45) is 3.53. The quantitative estimate of drug-likeness (QED) is 0.590. The number of amides is 1. The Morgan fingerprint density at radius 3 is 2.79 bits per heavy atom. The number of carbonyl (C=O) groups is 1. The Balaban J connectivity index is 1.65. The number of nitrogens with one attached hydrogen (secondary N) is 1. The topological polar surface area (TPSA) is 54.6 Å². The summed E-state index contributed by atoms with van der Waals surface area (Å²) in [5.41, 5.74) is 4.97. The van der Waals surface area contributed by atoms with Crippen molar-refractivity contribution >= 4 is 29.1 Å². The monoisotopic (exact) mass is 390 g/mol. The second-order valence-electron chi connectivity index (χ2n) is 6.85. The van der Waals surface area contributed by atoms with Gasteiger partial charge in [0.2, 0.25) is 0 Å². The number of fused-ring (bicyclic) bond motifs is 2. The Kier molecular flexibility index (Phi) is 5.35. The van der Waals surface area contributed by atoms with E-state index in [4.69, 9.17) is 9.41 Å². The van der Waals surface area contributed by atoms with Gasteiger partial charge in [0.25, 0.3) is 5.91 Å². The minimum absolute atomic E-state index is 0.131. The van der Waals surface area contributed by atoms with E-state index in [0.717, 1.165) is 34.9 Å². The van der Waals surface area contributed by atoms with Gasteiger partial charge in [0, 0.05) is 26.6 Å². The van der Waals surface area contributed by atoms with Crippen LogP contribution in [0.2, 0.25) is 0 Å². The highest BCUT2D eigenvalue weighted by Gasteiger charge is 2.19. The van der Waals surface area contributed by atoms with E-state index >= 15 is 0 Å². The minimum atomic E-state index is -0.131. The van der Waals surface area contributed by atoms with Crippen molar-refractivity contribution in [2.75, 3.05) is 0 Å². The van der Waals surface area contributed by atoms with Crippen LogP contribution in [0.15, 0.2) is 74.0 Å². The first-order chi connectivity index (χ1) is 13.6. The van der Waals surface area contributed by atoms with Crippen LogP contribution in [0.25, 0.3) is 0 Å². The predicted octanol–water partition coefficient (Wildman–Crippen LogP) is 5.90. The second kappa shape index (κ2) is 8.07. The fourth-order valence-corrected chi connectivity index (χ4v) is 4.23. The molecule has 3 aromatic rings. The summed E-state index contributed by atoms with van der Waals surface area (Å²) in [7, 11) is 0. The first-order valence-electron chi connectivity index (χ1n) is 9.45. The van der Waals surface area contributed by atoms with Gasteiger partial charge in [-0.1, -0.05) is 36.7 Å². The van der Waals surface area contributed by atoms with Gasteiger partial charge in [0.1, 0.15) is 5.76 Å². The molecule has 0 saturated carbocycles. The van der Waals surface area contributed by atoms with Gasteiger partial charge in [-0.2, -0.15) is 0 Å². The SMILES string of the molecule is CCCC1=Nc2cc(C(=O)NCc3ccco3)ccc2Sc2ccc(C)cc21. The van der Waals surface area contributed by atoms with Crippen molar-refractivity contribution in [1.82, 2.24) is 5.32 Å². The highest BCUT2D eigenvalue weighted by molar-refractivity contribution is 7.99. The van der Waals surface area contributed by atoms with Crippen LogP contribution in [-0.4, -0.2) is 11.6 Å². The van der Waals surface area contributed by atoms with Gasteiger partial charge < -0.3 is 9.73 Å². The van der Waals surface area contributed by atoms with Crippen LogP contribution < -0.4 is 5.32 Å². The summed E-state index contributed by atoms with van der Waals surface area (Å²) in [5.74, 6) is 0.599. The van der Waals surface area contributed by atoms with E-state index in [0.29, 0.717) is 12.1 Å². The summed E-state index contributed by atoms with van der Waals surface area (Å²) in [6.45, 7) is 4.64. The third kappa shape index (κ3) is 3.90. The first kappa shape index (κ1) is 18.6. The van der Waals surface area contributed by atoms with Crippen LogP contribution in [0.1, 0.15) is 47.0 Å². The molecule has 142 valence electrons. The van der Waals surface area contributed by atoms with Crippen LogP contribution in [-0.2, 0) is 6.54 Å². The van der Waals surface area contributed by atoms with Gasteiger partial charge in [-0.05, 0) is 55.8 Å². The number of furan rings is 1. The maximum absolute atomic E-state index is 12.6. The van der Waals surface area contributed by atoms with Crippen LogP contribution >= 0.6 is 11.8 Å². The molecule has 1 aliphatic rings. The maximum Gasteiger partial charge on any atom is 0.251 e. The van der Waals surface area contributed by atoms with Crippen LogP contribution in [0.5, 0.6) is 0 Å². The summed E-state index contributed by atoms with van der Waals surface area (Å²) in [4.78, 5) is 19.8. The highest BCUT2D eigenvalue weighted by atomic mass is 32.2. The molecule has 0 atom stereocenters. The molecule has 0 spiro atoms. The molecular formula is C23H22N2O2S. The zero-order chi connectivity index (χ0) is 19.5. The van der Waals surface area contributed by atoms with E-state index in [-0.39, 0.29) is 5.91 Å². The summed E-state index contributed by atoms with van der Waals surface area (Å²) in [5, 5.41) is 2.90. The van der Waals surface area contributed by atoms with Crippen LogP contribution in [0, 0.1) is 6.92 Å². The van der Waals surface area contributed by atoms with Crippen molar-refractivity contribution in [2.45, 2.75) is 43.0 Å². The molecule has 4 nitrogen and oxygen atoms in total. The van der Waals surface area contributed by atoms with Crippen molar-refractivity contribution in [3.8, 4) is 0 Å². The van der Waals surface area contributed by atoms with Crippen molar-refractivity contribution < 1.29 is 9.21 Å². The Morgan fingerprint density at radius 2 is 2.00 bits per heavy atom. The molecule has 5 heteroatoms. The number of carbonyl (C=O) groups excluding carboxylic acids is 1. The maximum atomic E-state index is 12.6. The number of nitrogens with zero attached hydrogens (tertiary/aromatic N) is 1. The highest BCUT2D eigenvalue weighted by Crippen LogP contribution is 2.41. The molecular weight excluding hydrogens is 368 g/mol. The van der Waals surface area contributed by atoms with Gasteiger partial charge >= 0.3 is 0 Å². The molecule has 28 heavy (non-hydrogen) atoms. The van der Waals surface area contributed by atoms with E-state index in [1.165, 1.54) is 16.0 Å². The molecule has 1 aromatic heterocycles. The number of benzene rings is 2. The van der Waals surface area contributed by atoms with Crippen molar-refractivity contribution in [3.05, 3.63) is 77.2 Å². The molecule has 0 bridgehead atoms. The fourth-order valence-electron chi connectivity index (χ4n) is 3.22. The fraction of sp³-hybridized carbons (Fsp3) is 0.217. The molecule has 2 heterocycles. The third-order valence-electron chi connectivity index (χ3n) is 4.63. The van der Waals surface area contributed by atoms with Gasteiger partial charge in [-0.25, -0.2) is 0 Å². The predicted molar refractivity (Wildman–Crippen MR) is 113 cm³/mol. The lowest BCUT2D eigenvalue weighted by Gasteiger charge is -2.09. The molecule has 1 N–H and O–H groups in total. The van der Waals surface area contributed by atoms with E-state index in [9.17, 15) is 4.79 Å². The van der Waals surface area contributed by atoms with Gasteiger partial charge in [-0.15, -0.1) is 0 Å². The molecule has 0 aliphatic carbocycles. The molecule has 0 radical (unpaired) electrons. The molecule has 0 unspecified atom stereocenters. The van der Waals surface area contributed by atoms with Gasteiger partial charge in [0.05, 0.1) is 18.5 Å². The van der Waals surface area contributed by atoms with Crippen LogP contribution in [0.3, 0.4) is 0 Å². The number of aryl methyl sites for hydroxylation is 1. The average molecular weight is 391 g/mol. The average Bonchev–Trinajstić information content (AvgIpc) is 3.16. The van der Waals surface area contributed by atoms with E-state index in [1.54, 1.807) is 18.0 Å². The molecule has 4 rings (SSSR count). The number of hydrogen-bond acceptors (Lipinski definition) is 4. The number of aliphatic imine (C=N–C) groups is 1. The Labute approximate surface area is 169 Å². The third-order valence-corrected chi connectivity index (χ3v) is 5.77. The molecule has 1 aliphatic heterocycles. The molecule has 0 saturated heterocycles. The standard InChI is InChI=1S/C23H22N2O2S/c1-3-5-19-18-12-15(2)7-9-21(18)28-22-10-8-16(13-20(22)25-19)23(26)24-14-17-6-4-11-27-17/h4,6-13H,3,5,14H2,1-2H3,(H,24,26). The van der Waals surface area contributed by atoms with Gasteiger partial charge in [0.15, 0.2) is 0 Å². The molecule has 1 amide bonds. The van der Waals surface area contributed by atoms with Crippen molar-refractivity contribution in [3.63, 3.8) is 0 Å².